The van der Waals surface area contributed by atoms with Gasteiger partial charge in [-0.3, -0.25) is 4.68 Å². The van der Waals surface area contributed by atoms with Crippen LogP contribution in [0.3, 0.4) is 0 Å². The van der Waals surface area contributed by atoms with Crippen LogP contribution in [0.5, 0.6) is 0 Å². The zero-order valence-electron chi connectivity index (χ0n) is 10.4. The molecule has 0 aliphatic heterocycles. The van der Waals surface area contributed by atoms with E-state index in [2.05, 4.69) is 61.3 Å². The Labute approximate surface area is 124 Å². The van der Waals surface area contributed by atoms with Gasteiger partial charge in [0.1, 0.15) is 0 Å². The van der Waals surface area contributed by atoms with Crippen LogP contribution >= 0.6 is 31.9 Å². The van der Waals surface area contributed by atoms with E-state index in [0.29, 0.717) is 0 Å². The summed E-state index contributed by atoms with van der Waals surface area (Å²) in [5, 5.41) is 7.59. The highest BCUT2D eigenvalue weighted by Gasteiger charge is 2.05. The molecule has 5 heteroatoms. The Morgan fingerprint density at radius 3 is 2.50 bits per heavy atom. The maximum atomic E-state index is 4.16. The molecule has 2 aromatic rings. The number of halogens is 2. The third kappa shape index (κ3) is 3.36. The first-order valence-corrected chi connectivity index (χ1v) is 7.32. The standard InChI is InChI=1S/C13H15Br2N3/c1-9-5-11(14)13(12(15)6-9)16-4-3-10-7-17-18(2)8-10/h5-8,16H,3-4H2,1-2H3. The van der Waals surface area contributed by atoms with Gasteiger partial charge in [0, 0.05) is 28.7 Å². The van der Waals surface area contributed by atoms with Crippen LogP contribution in [0.25, 0.3) is 0 Å². The Morgan fingerprint density at radius 2 is 1.94 bits per heavy atom. The van der Waals surface area contributed by atoms with Crippen LogP contribution in [0.2, 0.25) is 0 Å². The van der Waals surface area contributed by atoms with Gasteiger partial charge in [0.05, 0.1) is 11.9 Å². The Kier molecular flexibility index (Phi) is 4.45. The fourth-order valence-corrected chi connectivity index (χ4v) is 3.50. The number of rotatable bonds is 4. The Hall–Kier alpha value is -0.810. The number of aryl methyl sites for hydroxylation is 2. The van der Waals surface area contributed by atoms with Crippen LogP contribution in [-0.4, -0.2) is 16.3 Å². The summed E-state index contributed by atoms with van der Waals surface area (Å²) in [5.74, 6) is 0. The van der Waals surface area contributed by atoms with Gasteiger partial charge < -0.3 is 5.32 Å². The van der Waals surface area contributed by atoms with Crippen LogP contribution in [0.15, 0.2) is 33.5 Å². The Bertz CT molecular complexity index is 526. The van der Waals surface area contributed by atoms with Crippen molar-refractivity contribution in [1.29, 1.82) is 0 Å². The van der Waals surface area contributed by atoms with Gasteiger partial charge in [-0.25, -0.2) is 0 Å². The molecule has 1 heterocycles. The number of anilines is 1. The molecule has 0 radical (unpaired) electrons. The van der Waals surface area contributed by atoms with E-state index in [4.69, 9.17) is 0 Å². The lowest BCUT2D eigenvalue weighted by atomic mass is 10.2. The van der Waals surface area contributed by atoms with Crippen molar-refractivity contribution >= 4 is 37.5 Å². The second-order valence-corrected chi connectivity index (χ2v) is 6.01. The minimum absolute atomic E-state index is 0.881. The lowest BCUT2D eigenvalue weighted by Crippen LogP contribution is -2.05. The van der Waals surface area contributed by atoms with Crippen molar-refractivity contribution in [3.63, 3.8) is 0 Å². The highest BCUT2D eigenvalue weighted by atomic mass is 79.9. The van der Waals surface area contributed by atoms with Crippen molar-refractivity contribution in [1.82, 2.24) is 9.78 Å². The van der Waals surface area contributed by atoms with Crippen molar-refractivity contribution in [2.45, 2.75) is 13.3 Å². The molecule has 96 valence electrons. The van der Waals surface area contributed by atoms with Gasteiger partial charge in [-0.15, -0.1) is 0 Å². The lowest BCUT2D eigenvalue weighted by Gasteiger charge is -2.11. The molecule has 0 amide bonds. The predicted molar refractivity (Wildman–Crippen MR) is 82.0 cm³/mol. The molecule has 0 bridgehead atoms. The molecule has 0 unspecified atom stereocenters. The molecular weight excluding hydrogens is 358 g/mol. The first kappa shape index (κ1) is 13.6. The summed E-state index contributed by atoms with van der Waals surface area (Å²) in [6.07, 6.45) is 4.91. The molecule has 0 atom stereocenters. The Morgan fingerprint density at radius 1 is 1.28 bits per heavy atom. The molecule has 0 aliphatic carbocycles. The van der Waals surface area contributed by atoms with E-state index < -0.39 is 0 Å². The van der Waals surface area contributed by atoms with Gasteiger partial charge in [0.15, 0.2) is 0 Å². The number of hydrogen-bond donors (Lipinski definition) is 1. The highest BCUT2D eigenvalue weighted by molar-refractivity contribution is 9.11. The molecule has 1 aromatic carbocycles. The SMILES string of the molecule is Cc1cc(Br)c(NCCc2cnn(C)c2)c(Br)c1. The van der Waals surface area contributed by atoms with E-state index in [1.165, 1.54) is 11.1 Å². The number of hydrogen-bond acceptors (Lipinski definition) is 2. The second-order valence-electron chi connectivity index (χ2n) is 4.30. The van der Waals surface area contributed by atoms with Gasteiger partial charge in [-0.1, -0.05) is 0 Å². The zero-order chi connectivity index (χ0) is 13.1. The fourth-order valence-electron chi connectivity index (χ4n) is 1.80. The molecule has 0 saturated heterocycles. The van der Waals surface area contributed by atoms with Crippen LogP contribution < -0.4 is 5.32 Å². The summed E-state index contributed by atoms with van der Waals surface area (Å²) < 4.78 is 3.99. The van der Waals surface area contributed by atoms with Crippen molar-refractivity contribution in [3.05, 3.63) is 44.6 Å². The van der Waals surface area contributed by atoms with E-state index in [9.17, 15) is 0 Å². The minimum Gasteiger partial charge on any atom is -0.383 e. The normalized spacial score (nSPS) is 10.7. The molecule has 1 aromatic heterocycles. The summed E-state index contributed by atoms with van der Waals surface area (Å²) in [7, 11) is 1.93. The molecule has 0 spiro atoms. The minimum atomic E-state index is 0.881. The van der Waals surface area contributed by atoms with E-state index in [-0.39, 0.29) is 0 Å². The van der Waals surface area contributed by atoms with E-state index in [1.807, 2.05) is 24.1 Å². The Balaban J connectivity index is 1.98. The van der Waals surface area contributed by atoms with Gasteiger partial charge in [0.2, 0.25) is 0 Å². The van der Waals surface area contributed by atoms with Gasteiger partial charge >= 0.3 is 0 Å². The second kappa shape index (κ2) is 5.89. The summed E-state index contributed by atoms with van der Waals surface area (Å²) in [5.41, 5.74) is 3.57. The van der Waals surface area contributed by atoms with Gasteiger partial charge in [0.25, 0.3) is 0 Å². The summed E-state index contributed by atoms with van der Waals surface area (Å²) in [4.78, 5) is 0. The summed E-state index contributed by atoms with van der Waals surface area (Å²) >= 11 is 7.16. The quantitative estimate of drug-likeness (QED) is 0.881. The first-order valence-electron chi connectivity index (χ1n) is 5.73. The van der Waals surface area contributed by atoms with Crippen molar-refractivity contribution in [3.8, 4) is 0 Å². The lowest BCUT2D eigenvalue weighted by molar-refractivity contribution is 0.767. The van der Waals surface area contributed by atoms with Crippen molar-refractivity contribution in [2.24, 2.45) is 7.05 Å². The maximum absolute atomic E-state index is 4.16. The highest BCUT2D eigenvalue weighted by Crippen LogP contribution is 2.32. The number of nitrogens with one attached hydrogen (secondary N) is 1. The van der Waals surface area contributed by atoms with Crippen molar-refractivity contribution < 1.29 is 0 Å². The summed E-state index contributed by atoms with van der Waals surface area (Å²) in [6, 6.07) is 4.22. The molecule has 3 nitrogen and oxygen atoms in total. The van der Waals surface area contributed by atoms with Crippen molar-refractivity contribution in [2.75, 3.05) is 11.9 Å². The molecular formula is C13H15Br2N3. The third-order valence-corrected chi connectivity index (χ3v) is 3.91. The molecule has 0 aliphatic rings. The third-order valence-electron chi connectivity index (χ3n) is 2.66. The first-order chi connectivity index (χ1) is 8.56. The van der Waals surface area contributed by atoms with Gasteiger partial charge in [-0.05, 0) is 68.5 Å². The predicted octanol–water partition coefficient (Wildman–Crippen LogP) is 3.91. The number of aromatic nitrogens is 2. The van der Waals surface area contributed by atoms with Crippen LogP contribution in [0.1, 0.15) is 11.1 Å². The maximum Gasteiger partial charge on any atom is 0.0629 e. The van der Waals surface area contributed by atoms with E-state index in [0.717, 1.165) is 27.6 Å². The van der Waals surface area contributed by atoms with Crippen LogP contribution in [0, 0.1) is 6.92 Å². The molecule has 18 heavy (non-hydrogen) atoms. The topological polar surface area (TPSA) is 29.9 Å². The molecule has 2 rings (SSSR count). The average Bonchev–Trinajstić information content (AvgIpc) is 2.68. The molecule has 0 fully saturated rings. The number of nitrogens with zero attached hydrogens (tertiary/aromatic N) is 2. The smallest absolute Gasteiger partial charge is 0.0629 e. The molecule has 0 saturated carbocycles. The monoisotopic (exact) mass is 371 g/mol. The number of benzene rings is 1. The van der Waals surface area contributed by atoms with Crippen LogP contribution in [0.4, 0.5) is 5.69 Å². The van der Waals surface area contributed by atoms with E-state index >= 15 is 0 Å². The van der Waals surface area contributed by atoms with E-state index in [1.54, 1.807) is 0 Å². The van der Waals surface area contributed by atoms with Gasteiger partial charge in [-0.2, -0.15) is 5.10 Å². The zero-order valence-corrected chi connectivity index (χ0v) is 13.5. The largest absolute Gasteiger partial charge is 0.383 e. The molecule has 1 N–H and O–H groups in total. The summed E-state index contributed by atoms with van der Waals surface area (Å²) in [6.45, 7) is 2.96. The van der Waals surface area contributed by atoms with Crippen LogP contribution in [-0.2, 0) is 13.5 Å². The fraction of sp³-hybridized carbons (Fsp3) is 0.308. The average molecular weight is 373 g/mol.